The largest absolute Gasteiger partial charge is 0.469 e. The van der Waals surface area contributed by atoms with Crippen LogP contribution in [-0.4, -0.2) is 32.7 Å². The van der Waals surface area contributed by atoms with E-state index in [1.165, 1.54) is 13.4 Å². The van der Waals surface area contributed by atoms with Gasteiger partial charge in [-0.3, -0.25) is 9.59 Å². The molecule has 0 saturated heterocycles. The van der Waals surface area contributed by atoms with E-state index in [0.29, 0.717) is 10.1 Å². The lowest BCUT2D eigenvalue weighted by Gasteiger charge is -2.25. The highest BCUT2D eigenvalue weighted by Crippen LogP contribution is 2.36. The molecule has 2 heterocycles. The molecule has 0 spiro atoms. The predicted octanol–water partition coefficient (Wildman–Crippen LogP) is 2.65. The number of aromatic amines is 1. The lowest BCUT2D eigenvalue weighted by atomic mass is 9.81. The van der Waals surface area contributed by atoms with Gasteiger partial charge in [-0.15, -0.1) is 0 Å². The Hall–Kier alpha value is -1.70. The van der Waals surface area contributed by atoms with Gasteiger partial charge in [-0.1, -0.05) is 13.8 Å². The van der Waals surface area contributed by atoms with Crippen LogP contribution < -0.4 is 5.56 Å². The molecule has 0 radical (unpaired) electrons. The quantitative estimate of drug-likeness (QED) is 0.803. The van der Waals surface area contributed by atoms with Crippen molar-refractivity contribution in [1.82, 2.24) is 19.6 Å². The highest BCUT2D eigenvalue weighted by Gasteiger charge is 2.30. The van der Waals surface area contributed by atoms with Crippen LogP contribution in [0.2, 0.25) is 0 Å². The maximum Gasteiger partial charge on any atom is 0.308 e. The van der Waals surface area contributed by atoms with Gasteiger partial charge >= 0.3 is 5.97 Å². The third-order valence-electron chi connectivity index (χ3n) is 4.05. The minimum atomic E-state index is -0.223. The van der Waals surface area contributed by atoms with Crippen molar-refractivity contribution in [3.63, 3.8) is 0 Å². The third kappa shape index (κ3) is 3.46. The number of nitrogens with one attached hydrogen (secondary N) is 1. The summed E-state index contributed by atoms with van der Waals surface area (Å²) in [6.45, 7) is 4.00. The van der Waals surface area contributed by atoms with E-state index in [9.17, 15) is 9.59 Å². The number of carbonyl (C=O) groups is 1. The van der Waals surface area contributed by atoms with Crippen LogP contribution in [0.3, 0.4) is 0 Å². The summed E-state index contributed by atoms with van der Waals surface area (Å²) in [5.41, 5.74) is 0.196. The zero-order valence-electron chi connectivity index (χ0n) is 13.5. The first kappa shape index (κ1) is 17.7. The van der Waals surface area contributed by atoms with Crippen LogP contribution in [0.4, 0.5) is 0 Å². The first-order valence-electron chi connectivity index (χ1n) is 7.81. The van der Waals surface area contributed by atoms with Gasteiger partial charge in [-0.05, 0) is 41.6 Å². The molecule has 7 nitrogen and oxygen atoms in total. The Morgan fingerprint density at radius 2 is 2.00 bits per heavy atom. The van der Waals surface area contributed by atoms with E-state index < -0.39 is 0 Å². The number of carbonyl (C=O) groups excluding carboxylic acids is 1. The summed E-state index contributed by atoms with van der Waals surface area (Å²) >= 11 is 3.32. The summed E-state index contributed by atoms with van der Waals surface area (Å²) in [5.74, 6) is 0.791. The minimum absolute atomic E-state index is 0.0303. The number of ether oxygens (including phenoxy) is 1. The molecular formula is C15H21BrN4O3. The molecule has 1 N–H and O–H groups in total. The number of fused-ring (bicyclic) bond motifs is 1. The zero-order chi connectivity index (χ0) is 17.0. The van der Waals surface area contributed by atoms with Crippen LogP contribution in [0.15, 0.2) is 15.7 Å². The van der Waals surface area contributed by atoms with E-state index >= 15 is 0 Å². The summed E-state index contributed by atoms with van der Waals surface area (Å²) in [6.07, 6.45) is 4.58. The van der Waals surface area contributed by atoms with Gasteiger partial charge in [0.05, 0.1) is 13.0 Å². The molecule has 0 aromatic carbocycles. The number of nitrogens with zero attached hydrogens (tertiary/aromatic N) is 3. The van der Waals surface area contributed by atoms with E-state index in [1.807, 2.05) is 13.8 Å². The monoisotopic (exact) mass is 384 g/mol. The predicted molar refractivity (Wildman–Crippen MR) is 89.4 cm³/mol. The highest BCUT2D eigenvalue weighted by atomic mass is 79.9. The number of hydrogen-bond donors (Lipinski definition) is 1. The number of esters is 1. The zero-order valence-corrected chi connectivity index (χ0v) is 15.1. The molecule has 0 atom stereocenters. The van der Waals surface area contributed by atoms with Crippen LogP contribution in [0.5, 0.6) is 0 Å². The Labute approximate surface area is 142 Å². The number of hydrogen-bond acceptors (Lipinski definition) is 5. The standard InChI is InChI=1S/C13H15BrN4O3.C2H6/c1-21-13(20)8-4-2-7(3-5-8)11-17-10(14)9-12(19)15-6-16-18(9)11;1-2/h6-8H,2-5H2,1H3,(H,15,16,19);1-2H3. The Kier molecular flexibility index (Phi) is 5.92. The van der Waals surface area contributed by atoms with E-state index in [1.54, 1.807) is 4.52 Å². The number of halogens is 1. The van der Waals surface area contributed by atoms with E-state index in [0.717, 1.165) is 31.5 Å². The first-order valence-corrected chi connectivity index (χ1v) is 8.60. The summed E-state index contributed by atoms with van der Waals surface area (Å²) in [7, 11) is 1.42. The Morgan fingerprint density at radius 1 is 1.35 bits per heavy atom. The SMILES string of the molecule is CC.COC(=O)C1CCC(c2nc(Br)c3c(=O)[nH]cnn23)CC1. The van der Waals surface area contributed by atoms with Crippen LogP contribution in [0.25, 0.3) is 5.52 Å². The van der Waals surface area contributed by atoms with Crippen molar-refractivity contribution < 1.29 is 9.53 Å². The fourth-order valence-corrected chi connectivity index (χ4v) is 3.47. The minimum Gasteiger partial charge on any atom is -0.469 e. The molecule has 0 bridgehead atoms. The highest BCUT2D eigenvalue weighted by molar-refractivity contribution is 9.10. The molecule has 1 saturated carbocycles. The normalized spacial score (nSPS) is 20.7. The lowest BCUT2D eigenvalue weighted by Crippen LogP contribution is -2.23. The Balaban J connectivity index is 0.000000924. The maximum absolute atomic E-state index is 11.8. The van der Waals surface area contributed by atoms with E-state index in [-0.39, 0.29) is 23.4 Å². The summed E-state index contributed by atoms with van der Waals surface area (Å²) in [4.78, 5) is 30.4. The number of rotatable bonds is 2. The fraction of sp³-hybridized carbons (Fsp3) is 0.600. The lowest BCUT2D eigenvalue weighted by molar-refractivity contribution is -0.146. The number of H-pyrrole nitrogens is 1. The number of aromatic nitrogens is 4. The molecule has 126 valence electrons. The molecule has 2 aromatic rings. The van der Waals surface area contributed by atoms with Gasteiger partial charge in [0.2, 0.25) is 0 Å². The average Bonchev–Trinajstić information content (AvgIpc) is 2.94. The van der Waals surface area contributed by atoms with Crippen LogP contribution in [0.1, 0.15) is 51.3 Å². The molecule has 0 unspecified atom stereocenters. The van der Waals surface area contributed by atoms with Crippen molar-refractivity contribution in [3.8, 4) is 0 Å². The fourth-order valence-electron chi connectivity index (χ4n) is 2.94. The molecule has 2 aromatic heterocycles. The second-order valence-electron chi connectivity index (χ2n) is 5.21. The molecule has 1 fully saturated rings. The van der Waals surface area contributed by atoms with Gasteiger partial charge < -0.3 is 9.72 Å². The second kappa shape index (κ2) is 7.72. The van der Waals surface area contributed by atoms with E-state index in [2.05, 4.69) is 31.0 Å². The van der Waals surface area contributed by atoms with Gasteiger partial charge in [0.1, 0.15) is 16.8 Å². The van der Waals surface area contributed by atoms with Gasteiger partial charge in [-0.25, -0.2) is 9.50 Å². The molecule has 0 aliphatic heterocycles. The second-order valence-corrected chi connectivity index (χ2v) is 5.96. The molecule has 1 aliphatic carbocycles. The van der Waals surface area contributed by atoms with Crippen molar-refractivity contribution in [2.45, 2.75) is 45.4 Å². The number of imidazole rings is 1. The molecule has 0 amide bonds. The molecule has 23 heavy (non-hydrogen) atoms. The first-order chi connectivity index (χ1) is 11.1. The summed E-state index contributed by atoms with van der Waals surface area (Å²) in [5, 5.41) is 4.19. The maximum atomic E-state index is 11.8. The topological polar surface area (TPSA) is 89.3 Å². The van der Waals surface area contributed by atoms with Crippen LogP contribution in [0, 0.1) is 5.92 Å². The van der Waals surface area contributed by atoms with Crippen molar-refractivity contribution in [2.75, 3.05) is 7.11 Å². The van der Waals surface area contributed by atoms with Gasteiger partial charge in [0.15, 0.2) is 5.52 Å². The Morgan fingerprint density at radius 3 is 2.61 bits per heavy atom. The summed E-state index contributed by atoms with van der Waals surface area (Å²) < 4.78 is 6.89. The van der Waals surface area contributed by atoms with Crippen molar-refractivity contribution in [1.29, 1.82) is 0 Å². The Bertz CT molecular complexity index is 732. The number of methoxy groups -OCH3 is 1. The van der Waals surface area contributed by atoms with Crippen molar-refractivity contribution in [3.05, 3.63) is 27.1 Å². The molecule has 3 rings (SSSR count). The average molecular weight is 385 g/mol. The summed E-state index contributed by atoms with van der Waals surface area (Å²) in [6, 6.07) is 0. The van der Waals surface area contributed by atoms with Gasteiger partial charge in [-0.2, -0.15) is 5.10 Å². The smallest absolute Gasteiger partial charge is 0.308 e. The van der Waals surface area contributed by atoms with Crippen molar-refractivity contribution in [2.24, 2.45) is 5.92 Å². The molecule has 8 heteroatoms. The third-order valence-corrected chi connectivity index (χ3v) is 4.60. The molecular weight excluding hydrogens is 364 g/mol. The van der Waals surface area contributed by atoms with Gasteiger partial charge in [0.25, 0.3) is 5.56 Å². The van der Waals surface area contributed by atoms with E-state index in [4.69, 9.17) is 4.74 Å². The van der Waals surface area contributed by atoms with Gasteiger partial charge in [0, 0.05) is 5.92 Å². The molecule has 1 aliphatic rings. The van der Waals surface area contributed by atoms with Crippen LogP contribution in [-0.2, 0) is 9.53 Å². The van der Waals surface area contributed by atoms with Crippen molar-refractivity contribution >= 4 is 27.4 Å². The van der Waals surface area contributed by atoms with Crippen LogP contribution >= 0.6 is 15.9 Å².